The number of Topliss-reactive ketones (excluding diaryl/α,β-unsaturated/α-hetero) is 5. The topological polar surface area (TPSA) is 829 Å². The number of hydrogen-bond acceptors (Lipinski definition) is 38. The van der Waals surface area contributed by atoms with Crippen molar-refractivity contribution in [1.29, 1.82) is 0 Å². The summed E-state index contributed by atoms with van der Waals surface area (Å²) in [5.74, 6) is -14.2. The molecule has 0 saturated carbocycles. The van der Waals surface area contributed by atoms with E-state index in [0.717, 1.165) is 0 Å². The molecule has 0 spiro atoms. The number of carboxylic acids is 1. The zero-order chi connectivity index (χ0) is 93.3. The SMILES string of the molecule is N[C@@H](CCCNC(=O)C[C@H]1OC(CO)[C@H](O)[C@H](O)C1O)C(=O)CCC(=O)NCC(=O)N[C@@H](CCCNC(=O)C[C@H]1OC(CO)[C@H](O)[C@H](O)C1O)C(=O)CCC(=O)NCC(=O)N[C@@H](CCCNC(=O)C[C@H]1OC(CO)[C@H](O)[C@H](O)C1O)C(=O)CCC(=O)NCC(=O)N[C@@H](CCCNC(=O)C[C@H]1OC(CO)[C@H](O)[C@H](O)C1O)C(=O)CCC(=O)NCC(=O)CCC(=O)O. The highest BCUT2D eigenvalue weighted by Gasteiger charge is 2.48. The second kappa shape index (κ2) is 56.4. The highest BCUT2D eigenvalue weighted by molar-refractivity contribution is 5.97. The maximum absolute atomic E-state index is 13.9. The van der Waals surface area contributed by atoms with Crippen LogP contribution in [0.2, 0.25) is 0 Å². The number of carboxylic acid groups (broad SMARTS) is 1. The van der Waals surface area contributed by atoms with E-state index in [9.17, 15) is 163 Å². The van der Waals surface area contributed by atoms with Crippen LogP contribution in [0, 0.1) is 0 Å². The molecular formula is C75H122N12O38. The minimum atomic E-state index is -1.80. The Labute approximate surface area is 715 Å². The molecule has 0 bridgehead atoms. The summed E-state index contributed by atoms with van der Waals surface area (Å²) in [4.78, 5) is 221. The molecule has 4 rings (SSSR count). The van der Waals surface area contributed by atoms with Crippen LogP contribution in [0.4, 0.5) is 0 Å². The smallest absolute Gasteiger partial charge is 0.303 e. The van der Waals surface area contributed by atoms with Crippen LogP contribution in [0.25, 0.3) is 0 Å². The minimum Gasteiger partial charge on any atom is -0.481 e. The maximum Gasteiger partial charge on any atom is 0.303 e. The van der Waals surface area contributed by atoms with Crippen LogP contribution in [-0.2, 0) is 100 Å². The number of aliphatic carboxylic acids is 1. The number of aliphatic hydroxyl groups excluding tert-OH is 16. The van der Waals surface area contributed by atoms with Crippen LogP contribution in [0.1, 0.15) is 141 Å². The molecule has 4 saturated heterocycles. The van der Waals surface area contributed by atoms with Crippen LogP contribution in [0.5, 0.6) is 0 Å². The Hall–Kier alpha value is -8.85. The number of hydrogen-bond donors (Lipinski definition) is 29. The van der Waals surface area contributed by atoms with Gasteiger partial charge in [-0.1, -0.05) is 0 Å². The summed E-state index contributed by atoms with van der Waals surface area (Å²) in [6.45, 7) is -6.67. The Kier molecular flexibility index (Phi) is 48.9. The fourth-order valence-corrected chi connectivity index (χ4v) is 13.5. The van der Waals surface area contributed by atoms with E-state index in [1.165, 1.54) is 0 Å². The summed E-state index contributed by atoms with van der Waals surface area (Å²) in [5, 5.41) is 196. The number of aliphatic hydroxyl groups is 16. The van der Waals surface area contributed by atoms with E-state index in [2.05, 4.69) is 58.5 Å². The molecule has 30 N–H and O–H groups in total. The molecule has 125 heavy (non-hydrogen) atoms. The predicted molar refractivity (Wildman–Crippen MR) is 417 cm³/mol. The van der Waals surface area contributed by atoms with Crippen molar-refractivity contribution < 1.29 is 187 Å². The van der Waals surface area contributed by atoms with Gasteiger partial charge < -0.3 is 170 Å². The molecule has 11 amide bonds. The predicted octanol–water partition coefficient (Wildman–Crippen LogP) is -15.4. The summed E-state index contributed by atoms with van der Waals surface area (Å²) in [5.41, 5.74) is 6.02. The first-order valence-corrected chi connectivity index (χ1v) is 41.0. The molecule has 8 unspecified atom stereocenters. The van der Waals surface area contributed by atoms with Crippen LogP contribution in [0.3, 0.4) is 0 Å². The lowest BCUT2D eigenvalue weighted by Gasteiger charge is -2.39. The van der Waals surface area contributed by atoms with Gasteiger partial charge in [0.05, 0.1) is 133 Å². The highest BCUT2D eigenvalue weighted by Crippen LogP contribution is 2.28. The first-order chi connectivity index (χ1) is 59.1. The van der Waals surface area contributed by atoms with Crippen molar-refractivity contribution in [2.24, 2.45) is 5.73 Å². The average Bonchev–Trinajstić information content (AvgIpc) is 0.829. The standard InChI is InChI=1S/C75H122N12O38/c76-36(5-1-19-77-56(101)23-44-64(110)72(118)68(114)48(31-88)122-44)40(93)10-14-53(98)82-28-60(105)86-38(7-3-21-79-58(103)25-46-66(112)74(120)70(116)50(33-90)124-46)42(95)12-16-55(100)84-30-62(107)87-39(8-4-22-80-59(104)26-47-67(113)75(121)71(117)51(34-91)125-47)43(96)13-17-54(99)83-29-61(106)85-37(41(94)11-15-52(97)81-27-35(92)9-18-63(108)109)6-2-20-78-57(102)24-45-65(111)73(119)69(115)49(32-89)123-45/h36-39,44-51,64-75,88-91,110-121H,1-34,76H2,(H,77,101)(H,78,102)(H,79,103)(H,80,104)(H,81,97)(H,82,98)(H,83,99)(H,84,100)(H,85,106)(H,86,105)(H,87,107)(H,108,109)/t36-,37-,38-,39-,44+,45+,46+,47+,48?,49?,50?,51?,64?,65?,66?,67?,68-,69-,70-,71-,72+,73+,74+,75+/m0/s1. The number of ketones is 5. The summed E-state index contributed by atoms with van der Waals surface area (Å²) >= 11 is 0. The van der Waals surface area contributed by atoms with Gasteiger partial charge in [0.15, 0.2) is 23.1 Å². The van der Waals surface area contributed by atoms with Crippen LogP contribution < -0.4 is 64.2 Å². The van der Waals surface area contributed by atoms with Crippen molar-refractivity contribution in [3.05, 3.63) is 0 Å². The number of amides is 11. The number of nitrogens with one attached hydrogen (secondary N) is 11. The number of ether oxygens (including phenoxy) is 4. The van der Waals surface area contributed by atoms with Crippen molar-refractivity contribution in [2.75, 3.05) is 78.8 Å². The van der Waals surface area contributed by atoms with Gasteiger partial charge in [0.25, 0.3) is 0 Å². The first-order valence-electron chi connectivity index (χ1n) is 41.0. The van der Waals surface area contributed by atoms with Crippen LogP contribution in [0.15, 0.2) is 0 Å². The Balaban J connectivity index is 1.38. The third kappa shape index (κ3) is 38.3. The lowest BCUT2D eigenvalue weighted by molar-refractivity contribution is -0.229. The summed E-state index contributed by atoms with van der Waals surface area (Å²) < 4.78 is 21.5. The van der Waals surface area contributed by atoms with Gasteiger partial charge in [-0.05, 0) is 51.4 Å². The lowest BCUT2D eigenvalue weighted by atomic mass is 9.93. The van der Waals surface area contributed by atoms with E-state index < -0.39 is 389 Å². The maximum atomic E-state index is 13.9. The molecule has 50 nitrogen and oxygen atoms in total. The summed E-state index contributed by atoms with van der Waals surface area (Å²) in [6.07, 6.45) is -39.7. The van der Waals surface area contributed by atoms with E-state index in [1.54, 1.807) is 0 Å². The van der Waals surface area contributed by atoms with Crippen molar-refractivity contribution in [1.82, 2.24) is 58.5 Å². The van der Waals surface area contributed by atoms with Gasteiger partial charge in [-0.2, -0.15) is 0 Å². The Morgan fingerprint density at radius 2 is 0.488 bits per heavy atom. The van der Waals surface area contributed by atoms with E-state index in [0.29, 0.717) is 0 Å². The normalized spacial score (nSPS) is 26.9. The van der Waals surface area contributed by atoms with E-state index in [1.807, 2.05) is 0 Å². The molecule has 0 aromatic rings. The van der Waals surface area contributed by atoms with Gasteiger partial charge in [0.1, 0.15) is 103 Å². The fourth-order valence-electron chi connectivity index (χ4n) is 13.5. The van der Waals surface area contributed by atoms with E-state index in [4.69, 9.17) is 29.8 Å². The molecule has 4 aliphatic heterocycles. The van der Waals surface area contributed by atoms with Gasteiger partial charge in [-0.3, -0.25) is 81.5 Å². The molecular weight excluding hydrogens is 1680 g/mol. The van der Waals surface area contributed by atoms with Crippen molar-refractivity contribution in [3.63, 3.8) is 0 Å². The first kappa shape index (κ1) is 108. The van der Waals surface area contributed by atoms with Gasteiger partial charge >= 0.3 is 5.97 Å². The van der Waals surface area contributed by atoms with Crippen LogP contribution >= 0.6 is 0 Å². The molecule has 4 heterocycles. The molecule has 50 heteroatoms. The zero-order valence-electron chi connectivity index (χ0n) is 68.7. The number of rotatable bonds is 58. The van der Waals surface area contributed by atoms with E-state index >= 15 is 0 Å². The molecule has 710 valence electrons. The number of carbonyl (C=O) groups excluding carboxylic acids is 16. The van der Waals surface area contributed by atoms with Crippen molar-refractivity contribution in [2.45, 2.75) is 288 Å². The van der Waals surface area contributed by atoms with Gasteiger partial charge in [0.2, 0.25) is 65.0 Å². The zero-order valence-corrected chi connectivity index (χ0v) is 68.7. The molecule has 0 aromatic heterocycles. The molecule has 0 aliphatic carbocycles. The number of carbonyl (C=O) groups is 17. The monoisotopic (exact) mass is 1800 g/mol. The lowest BCUT2D eigenvalue weighted by Crippen LogP contribution is -2.59. The second-order valence-electron chi connectivity index (χ2n) is 30.6. The van der Waals surface area contributed by atoms with Gasteiger partial charge in [-0.15, -0.1) is 0 Å². The Morgan fingerprint density at radius 3 is 0.736 bits per heavy atom. The quantitative estimate of drug-likeness (QED) is 0.0251. The van der Waals surface area contributed by atoms with Crippen molar-refractivity contribution in [3.8, 4) is 0 Å². The van der Waals surface area contributed by atoms with E-state index in [-0.39, 0.29) is 77.5 Å². The largest absolute Gasteiger partial charge is 0.481 e. The fraction of sp³-hybridized carbons (Fsp3) is 0.773. The summed E-state index contributed by atoms with van der Waals surface area (Å²) in [6, 6.07) is -5.44. The highest BCUT2D eigenvalue weighted by atomic mass is 16.6. The molecule has 0 radical (unpaired) electrons. The molecule has 4 fully saturated rings. The molecule has 4 aliphatic rings. The Bertz CT molecular complexity index is 3560. The number of nitrogens with two attached hydrogens (primary N) is 1. The average molecular weight is 1800 g/mol. The third-order valence-electron chi connectivity index (χ3n) is 20.9. The Morgan fingerprint density at radius 1 is 0.256 bits per heavy atom. The third-order valence-corrected chi connectivity index (χ3v) is 20.9. The van der Waals surface area contributed by atoms with Crippen LogP contribution in [-0.4, -0.2) is 412 Å². The molecule has 0 aromatic carbocycles. The second-order valence-corrected chi connectivity index (χ2v) is 30.6. The van der Waals surface area contributed by atoms with Gasteiger partial charge in [-0.25, -0.2) is 0 Å². The minimum absolute atomic E-state index is 0.00378. The van der Waals surface area contributed by atoms with Gasteiger partial charge in [0, 0.05) is 84.0 Å². The summed E-state index contributed by atoms with van der Waals surface area (Å²) in [7, 11) is 0. The van der Waals surface area contributed by atoms with Crippen molar-refractivity contribution >= 4 is 99.9 Å². The molecule has 24 atom stereocenters.